The Hall–Kier alpha value is -1.56. The fourth-order valence-electron chi connectivity index (χ4n) is 1.33. The van der Waals surface area contributed by atoms with Gasteiger partial charge < -0.3 is 5.32 Å². The Morgan fingerprint density at radius 2 is 2.12 bits per heavy atom. The Morgan fingerprint density at radius 3 is 2.81 bits per heavy atom. The van der Waals surface area contributed by atoms with Crippen molar-refractivity contribution in [3.8, 4) is 11.3 Å². The van der Waals surface area contributed by atoms with Gasteiger partial charge >= 0.3 is 0 Å². The van der Waals surface area contributed by atoms with E-state index in [-0.39, 0.29) is 5.56 Å². The highest BCUT2D eigenvalue weighted by molar-refractivity contribution is 6.99. The highest BCUT2D eigenvalue weighted by atomic mass is 32.1. The van der Waals surface area contributed by atoms with Gasteiger partial charge in [-0.15, -0.1) is 0 Å². The first-order valence-electron chi connectivity index (χ1n) is 4.74. The minimum Gasteiger partial charge on any atom is -0.368 e. The van der Waals surface area contributed by atoms with Crippen molar-refractivity contribution in [2.75, 3.05) is 11.9 Å². The van der Waals surface area contributed by atoms with Crippen molar-refractivity contribution in [2.24, 2.45) is 0 Å². The van der Waals surface area contributed by atoms with Crippen molar-refractivity contribution in [3.63, 3.8) is 0 Å². The molecule has 6 heteroatoms. The van der Waals surface area contributed by atoms with Crippen LogP contribution in [0.2, 0.25) is 0 Å². The summed E-state index contributed by atoms with van der Waals surface area (Å²) in [5, 5.41) is 2.97. The van der Waals surface area contributed by atoms with E-state index in [0.717, 1.165) is 17.8 Å². The average Bonchev–Trinajstić information content (AvgIpc) is 2.67. The van der Waals surface area contributed by atoms with Gasteiger partial charge in [0.1, 0.15) is 17.3 Å². The van der Waals surface area contributed by atoms with E-state index in [4.69, 9.17) is 0 Å². The third-order valence-corrected chi connectivity index (χ3v) is 2.55. The van der Waals surface area contributed by atoms with E-state index < -0.39 is 11.6 Å². The predicted octanol–water partition coefficient (Wildman–Crippen LogP) is 2.92. The second-order valence-electron chi connectivity index (χ2n) is 3.12. The van der Waals surface area contributed by atoms with Crippen LogP contribution in [0.25, 0.3) is 11.3 Å². The number of aromatic nitrogens is 2. The van der Waals surface area contributed by atoms with Gasteiger partial charge in [-0.3, -0.25) is 0 Å². The standard InChI is InChI=1S/C10H9F2N3S/c1-2-13-10-9(14-16-15-10)7-4-3-6(11)5-8(7)12/h3-5H,2H2,1H3,(H,13,15). The molecule has 1 aromatic heterocycles. The second kappa shape index (κ2) is 4.52. The molecule has 84 valence electrons. The number of nitrogens with one attached hydrogen (secondary N) is 1. The highest BCUT2D eigenvalue weighted by Gasteiger charge is 2.14. The molecule has 0 atom stereocenters. The summed E-state index contributed by atoms with van der Waals surface area (Å²) in [6.07, 6.45) is 0. The Labute approximate surface area is 95.5 Å². The van der Waals surface area contributed by atoms with Gasteiger partial charge in [-0.05, 0) is 19.1 Å². The molecule has 1 heterocycles. The molecule has 0 fully saturated rings. The zero-order valence-electron chi connectivity index (χ0n) is 8.50. The summed E-state index contributed by atoms with van der Waals surface area (Å²) in [5.74, 6) is -0.709. The summed E-state index contributed by atoms with van der Waals surface area (Å²) >= 11 is 0.991. The minimum absolute atomic E-state index is 0.256. The Kier molecular flexibility index (Phi) is 3.09. The smallest absolute Gasteiger partial charge is 0.168 e. The normalized spacial score (nSPS) is 10.4. The van der Waals surface area contributed by atoms with Crippen LogP contribution in [-0.2, 0) is 0 Å². The molecular weight excluding hydrogens is 232 g/mol. The maximum Gasteiger partial charge on any atom is 0.168 e. The van der Waals surface area contributed by atoms with Crippen LogP contribution < -0.4 is 5.32 Å². The maximum absolute atomic E-state index is 13.5. The molecule has 1 N–H and O–H groups in total. The predicted molar refractivity (Wildman–Crippen MR) is 59.4 cm³/mol. The van der Waals surface area contributed by atoms with Crippen molar-refractivity contribution in [3.05, 3.63) is 29.8 Å². The lowest BCUT2D eigenvalue weighted by Gasteiger charge is -2.03. The quantitative estimate of drug-likeness (QED) is 0.897. The summed E-state index contributed by atoms with van der Waals surface area (Å²) in [6, 6.07) is 3.40. The molecule has 16 heavy (non-hydrogen) atoms. The largest absolute Gasteiger partial charge is 0.368 e. The first-order valence-corrected chi connectivity index (χ1v) is 5.47. The van der Waals surface area contributed by atoms with E-state index in [1.807, 2.05) is 6.92 Å². The second-order valence-corrected chi connectivity index (χ2v) is 3.64. The fraction of sp³-hybridized carbons (Fsp3) is 0.200. The maximum atomic E-state index is 13.5. The van der Waals surface area contributed by atoms with E-state index in [1.54, 1.807) is 0 Å². The van der Waals surface area contributed by atoms with Gasteiger partial charge in [0.2, 0.25) is 0 Å². The summed E-state index contributed by atoms with van der Waals surface area (Å²) in [6.45, 7) is 2.57. The van der Waals surface area contributed by atoms with Crippen molar-refractivity contribution in [1.29, 1.82) is 0 Å². The summed E-state index contributed by atoms with van der Waals surface area (Å²) in [5.41, 5.74) is 0.676. The Balaban J connectivity index is 2.46. The van der Waals surface area contributed by atoms with Crippen molar-refractivity contribution >= 4 is 17.5 Å². The monoisotopic (exact) mass is 241 g/mol. The average molecular weight is 241 g/mol. The number of benzene rings is 1. The SMILES string of the molecule is CCNc1nsnc1-c1ccc(F)cc1F. The van der Waals surface area contributed by atoms with Crippen molar-refractivity contribution in [1.82, 2.24) is 8.75 Å². The van der Waals surface area contributed by atoms with Gasteiger partial charge in [0.05, 0.1) is 11.7 Å². The van der Waals surface area contributed by atoms with E-state index in [0.29, 0.717) is 18.1 Å². The Morgan fingerprint density at radius 1 is 1.31 bits per heavy atom. The minimum atomic E-state index is -0.633. The molecular formula is C10H9F2N3S. The van der Waals surface area contributed by atoms with Crippen molar-refractivity contribution < 1.29 is 8.78 Å². The zero-order chi connectivity index (χ0) is 11.5. The molecule has 2 aromatic rings. The molecule has 0 saturated carbocycles. The van der Waals surface area contributed by atoms with Crippen LogP contribution in [0.5, 0.6) is 0 Å². The van der Waals surface area contributed by atoms with Crippen LogP contribution in [0.1, 0.15) is 6.92 Å². The summed E-state index contributed by atoms with van der Waals surface area (Å²) < 4.78 is 34.3. The topological polar surface area (TPSA) is 37.8 Å². The third-order valence-electron chi connectivity index (χ3n) is 2.02. The third kappa shape index (κ3) is 2.01. The molecule has 0 spiro atoms. The number of rotatable bonds is 3. The van der Waals surface area contributed by atoms with Gasteiger partial charge in [0.25, 0.3) is 0 Å². The lowest BCUT2D eigenvalue weighted by Crippen LogP contribution is -1.99. The molecule has 0 saturated heterocycles. The summed E-state index contributed by atoms with van der Waals surface area (Å²) in [4.78, 5) is 0. The van der Waals surface area contributed by atoms with Crippen LogP contribution in [-0.4, -0.2) is 15.3 Å². The highest BCUT2D eigenvalue weighted by Crippen LogP contribution is 2.28. The van der Waals surface area contributed by atoms with Gasteiger partial charge in [0, 0.05) is 18.2 Å². The lowest BCUT2D eigenvalue weighted by atomic mass is 10.1. The van der Waals surface area contributed by atoms with Crippen LogP contribution in [0.3, 0.4) is 0 Å². The molecule has 1 aromatic carbocycles. The molecule has 3 nitrogen and oxygen atoms in total. The van der Waals surface area contributed by atoms with Crippen LogP contribution in [0.4, 0.5) is 14.6 Å². The molecule has 0 aliphatic rings. The van der Waals surface area contributed by atoms with Gasteiger partial charge in [0.15, 0.2) is 5.82 Å². The van der Waals surface area contributed by atoms with Gasteiger partial charge in [-0.25, -0.2) is 8.78 Å². The molecule has 0 aliphatic carbocycles. The zero-order valence-corrected chi connectivity index (χ0v) is 9.31. The van der Waals surface area contributed by atoms with E-state index >= 15 is 0 Å². The van der Waals surface area contributed by atoms with Crippen LogP contribution in [0, 0.1) is 11.6 Å². The number of halogens is 2. The van der Waals surface area contributed by atoms with E-state index in [9.17, 15) is 8.78 Å². The van der Waals surface area contributed by atoms with Gasteiger partial charge in [-0.2, -0.15) is 8.75 Å². The van der Waals surface area contributed by atoms with E-state index in [2.05, 4.69) is 14.1 Å². The molecule has 0 bridgehead atoms. The van der Waals surface area contributed by atoms with Crippen LogP contribution >= 0.6 is 11.7 Å². The first-order chi connectivity index (χ1) is 7.72. The number of hydrogen-bond donors (Lipinski definition) is 1. The number of nitrogens with zero attached hydrogens (tertiary/aromatic N) is 2. The molecule has 2 rings (SSSR count). The van der Waals surface area contributed by atoms with Crippen molar-refractivity contribution in [2.45, 2.75) is 6.92 Å². The first kappa shape index (κ1) is 10.9. The lowest BCUT2D eigenvalue weighted by molar-refractivity contribution is 0.585. The van der Waals surface area contributed by atoms with Gasteiger partial charge in [-0.1, -0.05) is 0 Å². The summed E-state index contributed by atoms with van der Waals surface area (Å²) in [7, 11) is 0. The fourth-order valence-corrected chi connectivity index (χ4v) is 1.87. The molecule has 0 aliphatic heterocycles. The number of anilines is 1. The Bertz CT molecular complexity index is 499. The molecule has 0 radical (unpaired) electrons. The van der Waals surface area contributed by atoms with E-state index in [1.165, 1.54) is 12.1 Å². The number of hydrogen-bond acceptors (Lipinski definition) is 4. The molecule has 0 amide bonds. The molecule has 0 unspecified atom stereocenters. The van der Waals surface area contributed by atoms with Crippen LogP contribution in [0.15, 0.2) is 18.2 Å².